The highest BCUT2D eigenvalue weighted by molar-refractivity contribution is 8.00. The number of aromatic nitrogens is 3. The van der Waals surface area contributed by atoms with Gasteiger partial charge in [-0.3, -0.25) is 14.2 Å². The van der Waals surface area contributed by atoms with E-state index in [-0.39, 0.29) is 12.1 Å². The van der Waals surface area contributed by atoms with Crippen molar-refractivity contribution in [1.29, 1.82) is 0 Å². The second-order valence-corrected chi connectivity index (χ2v) is 7.25. The number of carbonyl (C=O) groups is 1. The number of aromatic amines is 1. The van der Waals surface area contributed by atoms with Crippen LogP contribution >= 0.6 is 11.8 Å². The average Bonchev–Trinajstić information content (AvgIpc) is 3.00. The molecule has 2 heterocycles. The Hall–Kier alpha value is -2.54. The molecule has 0 bridgehead atoms. The van der Waals surface area contributed by atoms with E-state index in [2.05, 4.69) is 16.5 Å². The van der Waals surface area contributed by atoms with Crippen molar-refractivity contribution in [2.24, 2.45) is 0 Å². The summed E-state index contributed by atoms with van der Waals surface area (Å²) in [5.74, 6) is -0.887. The Morgan fingerprint density at radius 2 is 2.23 bits per heavy atom. The number of thioether (sulfide) groups is 1. The van der Waals surface area contributed by atoms with Crippen molar-refractivity contribution in [3.8, 4) is 0 Å². The van der Waals surface area contributed by atoms with Crippen LogP contribution < -0.4 is 5.56 Å². The molecule has 1 aromatic carbocycles. The summed E-state index contributed by atoms with van der Waals surface area (Å²) in [4.78, 5) is 32.4. The Morgan fingerprint density at radius 3 is 2.92 bits per heavy atom. The normalized spacial score (nSPS) is 12.5. The highest BCUT2D eigenvalue weighted by Gasteiger charge is 2.23. The van der Waals surface area contributed by atoms with Crippen LogP contribution in [0.1, 0.15) is 26.2 Å². The Bertz CT molecular complexity index is 1020. The lowest BCUT2D eigenvalue weighted by Crippen LogP contribution is -2.25. The Kier molecular flexibility index (Phi) is 5.46. The molecule has 0 saturated heterocycles. The summed E-state index contributed by atoms with van der Waals surface area (Å²) in [5.41, 5.74) is 1.62. The molecule has 6 nitrogen and oxygen atoms in total. The van der Waals surface area contributed by atoms with Crippen LogP contribution in [0.15, 0.2) is 46.9 Å². The van der Waals surface area contributed by atoms with Gasteiger partial charge in [-0.05, 0) is 12.5 Å². The number of carboxylic acids is 1. The third-order valence-corrected chi connectivity index (χ3v) is 5.48. The van der Waals surface area contributed by atoms with Gasteiger partial charge in [0.1, 0.15) is 16.3 Å². The zero-order chi connectivity index (χ0) is 18.7. The quantitative estimate of drug-likeness (QED) is 0.357. The molecule has 0 saturated carbocycles. The van der Waals surface area contributed by atoms with E-state index in [1.807, 2.05) is 31.2 Å². The second-order valence-electron chi connectivity index (χ2n) is 6.08. The number of fused-ring (bicyclic) bond motifs is 3. The van der Waals surface area contributed by atoms with E-state index in [1.54, 1.807) is 6.08 Å². The summed E-state index contributed by atoms with van der Waals surface area (Å²) in [7, 11) is 0. The number of nitrogens with zero attached hydrogens (tertiary/aromatic N) is 2. The van der Waals surface area contributed by atoms with Gasteiger partial charge in [-0.2, -0.15) is 0 Å². The Morgan fingerprint density at radius 1 is 1.46 bits per heavy atom. The number of aliphatic carboxylic acids is 1. The molecule has 136 valence electrons. The molecular weight excluding hydrogens is 350 g/mol. The summed E-state index contributed by atoms with van der Waals surface area (Å²) >= 11 is 1.13. The van der Waals surface area contributed by atoms with Gasteiger partial charge in [0, 0.05) is 17.4 Å². The van der Waals surface area contributed by atoms with Crippen LogP contribution in [-0.4, -0.2) is 30.9 Å². The minimum Gasteiger partial charge on any atom is -0.480 e. The molecule has 0 radical (unpaired) electrons. The highest BCUT2D eigenvalue weighted by atomic mass is 32.2. The number of benzene rings is 1. The zero-order valence-electron chi connectivity index (χ0n) is 14.6. The molecule has 3 aromatic rings. The van der Waals surface area contributed by atoms with Crippen LogP contribution in [0.3, 0.4) is 0 Å². The van der Waals surface area contributed by atoms with Crippen molar-refractivity contribution in [1.82, 2.24) is 14.5 Å². The lowest BCUT2D eigenvalue weighted by Gasteiger charge is -2.14. The largest absolute Gasteiger partial charge is 0.480 e. The van der Waals surface area contributed by atoms with Crippen LogP contribution in [0.5, 0.6) is 0 Å². The van der Waals surface area contributed by atoms with Crippen molar-refractivity contribution in [3.63, 3.8) is 0 Å². The van der Waals surface area contributed by atoms with Crippen LogP contribution in [0.2, 0.25) is 0 Å². The standard InChI is InChI=1S/C19H21N3O3S/c1-3-5-10-14(18(24)25)26-19-21-15-12-8-6-7-9-13(12)20-16(15)17(23)22(19)11-4-2/h4,6-9,14,20H,2-3,5,10-11H2,1H3,(H,24,25). The molecule has 0 aliphatic rings. The fraction of sp³-hybridized carbons (Fsp3) is 0.316. The summed E-state index contributed by atoms with van der Waals surface area (Å²) in [5, 5.41) is 10.2. The third-order valence-electron chi connectivity index (χ3n) is 4.23. The lowest BCUT2D eigenvalue weighted by molar-refractivity contribution is -0.136. The Balaban J connectivity index is 2.17. The molecule has 26 heavy (non-hydrogen) atoms. The van der Waals surface area contributed by atoms with Gasteiger partial charge in [-0.1, -0.05) is 55.8 Å². The number of unbranched alkanes of at least 4 members (excludes halogenated alkanes) is 1. The van der Waals surface area contributed by atoms with Gasteiger partial charge in [0.05, 0.1) is 0 Å². The van der Waals surface area contributed by atoms with E-state index < -0.39 is 11.2 Å². The Labute approximate surface area is 154 Å². The molecule has 1 atom stereocenters. The van der Waals surface area contributed by atoms with Gasteiger partial charge in [0.15, 0.2) is 5.16 Å². The maximum atomic E-state index is 13.0. The minimum absolute atomic E-state index is 0.215. The molecule has 0 aliphatic carbocycles. The summed E-state index contributed by atoms with van der Waals surface area (Å²) < 4.78 is 1.48. The van der Waals surface area contributed by atoms with Crippen LogP contribution in [0.4, 0.5) is 0 Å². The van der Waals surface area contributed by atoms with Crippen molar-refractivity contribution in [3.05, 3.63) is 47.3 Å². The smallest absolute Gasteiger partial charge is 0.317 e. The predicted molar refractivity (Wildman–Crippen MR) is 105 cm³/mol. The van der Waals surface area contributed by atoms with E-state index in [0.717, 1.165) is 35.5 Å². The first-order chi connectivity index (χ1) is 12.6. The summed E-state index contributed by atoms with van der Waals surface area (Å²) in [6.07, 6.45) is 3.87. The third kappa shape index (κ3) is 3.39. The number of para-hydroxylation sites is 1. The van der Waals surface area contributed by atoms with Gasteiger partial charge >= 0.3 is 5.97 Å². The van der Waals surface area contributed by atoms with Crippen molar-refractivity contribution < 1.29 is 9.90 Å². The number of rotatable bonds is 8. The molecule has 0 amide bonds. The second kappa shape index (κ2) is 7.78. The molecule has 2 N–H and O–H groups in total. The zero-order valence-corrected chi connectivity index (χ0v) is 15.4. The molecule has 1 unspecified atom stereocenters. The maximum absolute atomic E-state index is 13.0. The first-order valence-electron chi connectivity index (χ1n) is 8.58. The first kappa shape index (κ1) is 18.3. The number of H-pyrrole nitrogens is 1. The number of carboxylic acid groups (broad SMARTS) is 1. The van der Waals surface area contributed by atoms with Gasteiger partial charge in [-0.15, -0.1) is 6.58 Å². The summed E-state index contributed by atoms with van der Waals surface area (Å²) in [6, 6.07) is 7.57. The maximum Gasteiger partial charge on any atom is 0.317 e. The topological polar surface area (TPSA) is 88.0 Å². The molecule has 0 aliphatic heterocycles. The molecule has 3 rings (SSSR count). The van der Waals surface area contributed by atoms with E-state index in [9.17, 15) is 14.7 Å². The fourth-order valence-corrected chi connectivity index (χ4v) is 3.97. The van der Waals surface area contributed by atoms with Gasteiger partial charge in [0.2, 0.25) is 0 Å². The molecule has 0 fully saturated rings. The SMILES string of the molecule is C=CCn1c(SC(CCCC)C(=O)O)nc2c([nH]c3ccccc32)c1=O. The van der Waals surface area contributed by atoms with Crippen molar-refractivity contribution in [2.45, 2.75) is 43.1 Å². The van der Waals surface area contributed by atoms with Gasteiger partial charge in [0.25, 0.3) is 5.56 Å². The van der Waals surface area contributed by atoms with Crippen LogP contribution in [0, 0.1) is 0 Å². The summed E-state index contributed by atoms with van der Waals surface area (Å²) in [6.45, 7) is 6.00. The molecular formula is C19H21N3O3S. The number of nitrogens with one attached hydrogen (secondary N) is 1. The van der Waals surface area contributed by atoms with Crippen LogP contribution in [-0.2, 0) is 11.3 Å². The first-order valence-corrected chi connectivity index (χ1v) is 9.46. The monoisotopic (exact) mass is 371 g/mol. The lowest BCUT2D eigenvalue weighted by atomic mass is 10.2. The predicted octanol–water partition coefficient (Wildman–Crippen LogP) is 3.80. The minimum atomic E-state index is -0.887. The van der Waals surface area contributed by atoms with E-state index in [4.69, 9.17) is 0 Å². The van der Waals surface area contributed by atoms with Crippen LogP contribution in [0.25, 0.3) is 21.9 Å². The fourth-order valence-electron chi connectivity index (χ4n) is 2.91. The molecule has 0 spiro atoms. The average molecular weight is 371 g/mol. The highest BCUT2D eigenvalue weighted by Crippen LogP contribution is 2.28. The van der Waals surface area contributed by atoms with E-state index >= 15 is 0 Å². The molecule has 7 heteroatoms. The van der Waals surface area contributed by atoms with E-state index in [1.165, 1.54) is 4.57 Å². The van der Waals surface area contributed by atoms with Gasteiger partial charge < -0.3 is 10.1 Å². The number of hydrogen-bond acceptors (Lipinski definition) is 4. The van der Waals surface area contributed by atoms with Gasteiger partial charge in [-0.25, -0.2) is 4.98 Å². The molecule has 2 aromatic heterocycles. The number of hydrogen-bond donors (Lipinski definition) is 2. The van der Waals surface area contributed by atoms with Crippen molar-refractivity contribution >= 4 is 39.7 Å². The van der Waals surface area contributed by atoms with E-state index in [0.29, 0.717) is 22.6 Å². The number of allylic oxidation sites excluding steroid dienone is 1. The van der Waals surface area contributed by atoms with Crippen molar-refractivity contribution in [2.75, 3.05) is 0 Å².